The Morgan fingerprint density at radius 3 is 2.65 bits per heavy atom. The number of hydrogen-bond acceptors (Lipinski definition) is 2. The summed E-state index contributed by atoms with van der Waals surface area (Å²) in [5, 5.41) is 0. The van der Waals surface area contributed by atoms with Crippen molar-refractivity contribution in [2.45, 2.75) is 38.8 Å². The van der Waals surface area contributed by atoms with Crippen LogP contribution in [0.4, 0.5) is 4.39 Å². The summed E-state index contributed by atoms with van der Waals surface area (Å²) in [6.07, 6.45) is 2.49. The lowest BCUT2D eigenvalue weighted by atomic mass is 10.1. The standard InChI is InChI=1S/C14H20FNO/c1-11(2)16-9-3-4-14(10-16)17-13-7-5-12(15)6-8-13/h5-8,11,14H,3-4,9-10H2,1-2H3. The molecule has 0 radical (unpaired) electrons. The van der Waals surface area contributed by atoms with Crippen LogP contribution in [-0.4, -0.2) is 30.1 Å². The number of ether oxygens (including phenoxy) is 1. The van der Waals surface area contributed by atoms with E-state index in [1.165, 1.54) is 18.6 Å². The first-order chi connectivity index (χ1) is 8.15. The number of benzene rings is 1. The van der Waals surface area contributed by atoms with Gasteiger partial charge in [-0.3, -0.25) is 4.90 Å². The van der Waals surface area contributed by atoms with Gasteiger partial charge in [0, 0.05) is 12.6 Å². The Kier molecular flexibility index (Phi) is 4.00. The molecule has 1 heterocycles. The zero-order valence-electron chi connectivity index (χ0n) is 10.5. The van der Waals surface area contributed by atoms with Crippen molar-refractivity contribution in [1.82, 2.24) is 4.90 Å². The average molecular weight is 237 g/mol. The minimum absolute atomic E-state index is 0.218. The van der Waals surface area contributed by atoms with E-state index in [2.05, 4.69) is 18.7 Å². The van der Waals surface area contributed by atoms with Crippen molar-refractivity contribution in [3.63, 3.8) is 0 Å². The van der Waals surface area contributed by atoms with Gasteiger partial charge < -0.3 is 4.74 Å². The normalized spacial score (nSPS) is 21.8. The molecule has 0 aromatic heterocycles. The van der Waals surface area contributed by atoms with E-state index < -0.39 is 0 Å². The molecule has 0 N–H and O–H groups in total. The minimum Gasteiger partial charge on any atom is -0.489 e. The van der Waals surface area contributed by atoms with Crippen LogP contribution < -0.4 is 4.74 Å². The van der Waals surface area contributed by atoms with E-state index in [9.17, 15) is 4.39 Å². The maximum atomic E-state index is 12.8. The summed E-state index contributed by atoms with van der Waals surface area (Å²) in [7, 11) is 0. The molecule has 3 heteroatoms. The highest BCUT2D eigenvalue weighted by molar-refractivity contribution is 5.22. The van der Waals surface area contributed by atoms with E-state index in [4.69, 9.17) is 4.74 Å². The summed E-state index contributed by atoms with van der Waals surface area (Å²) in [6.45, 7) is 6.54. The number of hydrogen-bond donors (Lipinski definition) is 0. The Morgan fingerprint density at radius 1 is 1.29 bits per heavy atom. The molecule has 1 aliphatic heterocycles. The molecule has 94 valence electrons. The SMILES string of the molecule is CC(C)N1CCCC(Oc2ccc(F)cc2)C1. The molecule has 1 unspecified atom stereocenters. The summed E-state index contributed by atoms with van der Waals surface area (Å²) < 4.78 is 18.7. The van der Waals surface area contributed by atoms with Crippen molar-refractivity contribution in [1.29, 1.82) is 0 Å². The Hall–Kier alpha value is -1.09. The van der Waals surface area contributed by atoms with Crippen LogP contribution in [0.5, 0.6) is 5.75 Å². The van der Waals surface area contributed by atoms with E-state index in [0.29, 0.717) is 6.04 Å². The van der Waals surface area contributed by atoms with Crippen molar-refractivity contribution in [2.75, 3.05) is 13.1 Å². The van der Waals surface area contributed by atoms with Crippen LogP contribution >= 0.6 is 0 Å². The van der Waals surface area contributed by atoms with Crippen LogP contribution in [0.15, 0.2) is 24.3 Å². The van der Waals surface area contributed by atoms with Crippen molar-refractivity contribution in [2.24, 2.45) is 0 Å². The lowest BCUT2D eigenvalue weighted by Crippen LogP contribution is -2.44. The Labute approximate surface area is 102 Å². The monoisotopic (exact) mass is 237 g/mol. The average Bonchev–Trinajstić information content (AvgIpc) is 2.32. The van der Waals surface area contributed by atoms with E-state index in [1.54, 1.807) is 12.1 Å². The van der Waals surface area contributed by atoms with Crippen molar-refractivity contribution < 1.29 is 9.13 Å². The van der Waals surface area contributed by atoms with Crippen LogP contribution in [0.1, 0.15) is 26.7 Å². The first kappa shape index (κ1) is 12.4. The summed E-state index contributed by atoms with van der Waals surface area (Å²) in [4.78, 5) is 2.43. The van der Waals surface area contributed by atoms with Gasteiger partial charge in [0.25, 0.3) is 0 Å². The molecule has 0 amide bonds. The lowest BCUT2D eigenvalue weighted by molar-refractivity contribution is 0.0706. The lowest BCUT2D eigenvalue weighted by Gasteiger charge is -2.35. The van der Waals surface area contributed by atoms with Crippen molar-refractivity contribution >= 4 is 0 Å². The van der Waals surface area contributed by atoms with Gasteiger partial charge in [-0.25, -0.2) is 4.39 Å². The third kappa shape index (κ3) is 3.43. The van der Waals surface area contributed by atoms with Gasteiger partial charge in [0.15, 0.2) is 0 Å². The highest BCUT2D eigenvalue weighted by Crippen LogP contribution is 2.19. The molecule has 0 spiro atoms. The highest BCUT2D eigenvalue weighted by Gasteiger charge is 2.22. The summed E-state index contributed by atoms with van der Waals surface area (Å²) >= 11 is 0. The number of rotatable bonds is 3. The number of likely N-dealkylation sites (tertiary alicyclic amines) is 1. The van der Waals surface area contributed by atoms with Gasteiger partial charge in [-0.1, -0.05) is 0 Å². The predicted molar refractivity (Wildman–Crippen MR) is 66.8 cm³/mol. The zero-order chi connectivity index (χ0) is 12.3. The quantitative estimate of drug-likeness (QED) is 0.801. The first-order valence-electron chi connectivity index (χ1n) is 6.31. The Bertz CT molecular complexity index is 350. The molecular formula is C14H20FNO. The summed E-state index contributed by atoms with van der Waals surface area (Å²) in [5.74, 6) is 0.548. The fraction of sp³-hybridized carbons (Fsp3) is 0.571. The topological polar surface area (TPSA) is 12.5 Å². The molecule has 1 saturated heterocycles. The van der Waals surface area contributed by atoms with E-state index in [-0.39, 0.29) is 11.9 Å². The second kappa shape index (κ2) is 5.50. The molecule has 0 aliphatic carbocycles. The maximum absolute atomic E-state index is 12.8. The molecule has 1 aromatic rings. The fourth-order valence-corrected chi connectivity index (χ4v) is 2.24. The second-order valence-electron chi connectivity index (χ2n) is 4.92. The Morgan fingerprint density at radius 2 is 2.00 bits per heavy atom. The van der Waals surface area contributed by atoms with Crippen LogP contribution in [0, 0.1) is 5.82 Å². The molecule has 2 nitrogen and oxygen atoms in total. The molecule has 0 bridgehead atoms. The van der Waals surface area contributed by atoms with Gasteiger partial charge in [0.1, 0.15) is 17.7 Å². The van der Waals surface area contributed by atoms with Gasteiger partial charge in [0.05, 0.1) is 0 Å². The van der Waals surface area contributed by atoms with E-state index in [0.717, 1.165) is 25.3 Å². The first-order valence-corrected chi connectivity index (χ1v) is 6.31. The molecular weight excluding hydrogens is 217 g/mol. The largest absolute Gasteiger partial charge is 0.489 e. The predicted octanol–water partition coefficient (Wildman–Crippen LogP) is 3.08. The van der Waals surface area contributed by atoms with Crippen LogP contribution in [0.2, 0.25) is 0 Å². The number of nitrogens with zero attached hydrogens (tertiary/aromatic N) is 1. The molecule has 0 saturated carbocycles. The van der Waals surface area contributed by atoms with E-state index in [1.807, 2.05) is 0 Å². The fourth-order valence-electron chi connectivity index (χ4n) is 2.24. The van der Waals surface area contributed by atoms with Crippen molar-refractivity contribution in [3.05, 3.63) is 30.1 Å². The van der Waals surface area contributed by atoms with Crippen LogP contribution in [0.3, 0.4) is 0 Å². The maximum Gasteiger partial charge on any atom is 0.123 e. The summed E-state index contributed by atoms with van der Waals surface area (Å²) in [6, 6.07) is 6.85. The van der Waals surface area contributed by atoms with Gasteiger partial charge in [-0.05, 0) is 57.5 Å². The molecule has 1 atom stereocenters. The van der Waals surface area contributed by atoms with Gasteiger partial charge in [0.2, 0.25) is 0 Å². The number of piperidine rings is 1. The second-order valence-corrected chi connectivity index (χ2v) is 4.92. The number of halogens is 1. The van der Waals surface area contributed by atoms with Gasteiger partial charge in [-0.2, -0.15) is 0 Å². The smallest absolute Gasteiger partial charge is 0.123 e. The third-order valence-corrected chi connectivity index (χ3v) is 3.26. The van der Waals surface area contributed by atoms with Crippen molar-refractivity contribution in [3.8, 4) is 5.75 Å². The molecule has 1 aliphatic rings. The highest BCUT2D eigenvalue weighted by atomic mass is 19.1. The Balaban J connectivity index is 1.92. The van der Waals surface area contributed by atoms with Crippen LogP contribution in [-0.2, 0) is 0 Å². The zero-order valence-corrected chi connectivity index (χ0v) is 10.5. The van der Waals surface area contributed by atoms with E-state index >= 15 is 0 Å². The van der Waals surface area contributed by atoms with Crippen LogP contribution in [0.25, 0.3) is 0 Å². The third-order valence-electron chi connectivity index (χ3n) is 3.26. The van der Waals surface area contributed by atoms with Gasteiger partial charge in [-0.15, -0.1) is 0 Å². The molecule has 1 fully saturated rings. The molecule has 17 heavy (non-hydrogen) atoms. The molecule has 1 aromatic carbocycles. The van der Waals surface area contributed by atoms with Gasteiger partial charge >= 0.3 is 0 Å². The summed E-state index contributed by atoms with van der Waals surface area (Å²) in [5.41, 5.74) is 0. The minimum atomic E-state index is -0.218. The molecule has 2 rings (SSSR count).